The molecule has 1 fully saturated rings. The van der Waals surface area contributed by atoms with Crippen LogP contribution >= 0.6 is 11.6 Å². The summed E-state index contributed by atoms with van der Waals surface area (Å²) in [5.41, 5.74) is 3.29. The fourth-order valence-corrected chi connectivity index (χ4v) is 3.43. The number of anilines is 1. The van der Waals surface area contributed by atoms with Crippen LogP contribution in [0.25, 0.3) is 0 Å². The molecule has 0 aromatic heterocycles. The summed E-state index contributed by atoms with van der Waals surface area (Å²) >= 11 is 6.27. The molecular formula is C21H25ClN2O2. The second kappa shape index (κ2) is 8.45. The Hall–Kier alpha value is -2.20. The number of carbonyl (C=O) groups excluding carboxylic acids is 1. The Morgan fingerprint density at radius 3 is 2.54 bits per heavy atom. The van der Waals surface area contributed by atoms with Gasteiger partial charge in [0.2, 0.25) is 5.91 Å². The molecule has 0 saturated carbocycles. The molecule has 3 rings (SSSR count). The van der Waals surface area contributed by atoms with E-state index >= 15 is 0 Å². The smallest absolute Gasteiger partial charge is 0.226 e. The van der Waals surface area contributed by atoms with Crippen molar-refractivity contribution < 1.29 is 9.53 Å². The number of ether oxygens (including phenoxy) is 1. The van der Waals surface area contributed by atoms with E-state index in [1.165, 1.54) is 0 Å². The zero-order chi connectivity index (χ0) is 18.5. The average molecular weight is 373 g/mol. The Bertz CT molecular complexity index is 770. The third-order valence-corrected chi connectivity index (χ3v) is 5.06. The molecule has 0 radical (unpaired) electrons. The van der Waals surface area contributed by atoms with Gasteiger partial charge in [-0.3, -0.25) is 4.79 Å². The van der Waals surface area contributed by atoms with Gasteiger partial charge in [0.25, 0.3) is 0 Å². The highest BCUT2D eigenvalue weighted by molar-refractivity contribution is 6.33. The van der Waals surface area contributed by atoms with Crippen LogP contribution in [-0.4, -0.2) is 43.6 Å². The minimum Gasteiger partial charge on any atom is -0.493 e. The van der Waals surface area contributed by atoms with E-state index in [0.717, 1.165) is 40.7 Å². The summed E-state index contributed by atoms with van der Waals surface area (Å²) in [4.78, 5) is 16.6. The zero-order valence-corrected chi connectivity index (χ0v) is 16.1. The minimum atomic E-state index is 0.147. The Morgan fingerprint density at radius 2 is 1.81 bits per heavy atom. The van der Waals surface area contributed by atoms with E-state index in [1.807, 2.05) is 55.1 Å². The van der Waals surface area contributed by atoms with Crippen molar-refractivity contribution in [3.05, 3.63) is 58.6 Å². The lowest BCUT2D eigenvalue weighted by Gasteiger charge is -2.36. The van der Waals surface area contributed by atoms with E-state index in [0.29, 0.717) is 26.1 Å². The van der Waals surface area contributed by atoms with E-state index in [4.69, 9.17) is 16.3 Å². The number of rotatable bonds is 5. The SMILES string of the molecule is Cc1ccc(C)c(OCCC(=O)N2CCN(c3ccccc3Cl)CC2)c1. The van der Waals surface area contributed by atoms with Crippen molar-refractivity contribution in [3.63, 3.8) is 0 Å². The highest BCUT2D eigenvalue weighted by Crippen LogP contribution is 2.26. The fraction of sp³-hybridized carbons (Fsp3) is 0.381. The molecule has 5 heteroatoms. The van der Waals surface area contributed by atoms with E-state index < -0.39 is 0 Å². The number of aryl methyl sites for hydroxylation is 2. The topological polar surface area (TPSA) is 32.8 Å². The molecule has 26 heavy (non-hydrogen) atoms. The summed E-state index contributed by atoms with van der Waals surface area (Å²) in [5.74, 6) is 1.01. The van der Waals surface area contributed by atoms with Gasteiger partial charge in [0.15, 0.2) is 0 Å². The summed E-state index contributed by atoms with van der Waals surface area (Å²) in [5, 5.41) is 0.759. The van der Waals surface area contributed by atoms with Gasteiger partial charge < -0.3 is 14.5 Å². The molecule has 0 aliphatic carbocycles. The first kappa shape index (κ1) is 18.6. The monoisotopic (exact) mass is 372 g/mol. The Balaban J connectivity index is 1.47. The molecular weight excluding hydrogens is 348 g/mol. The van der Waals surface area contributed by atoms with Gasteiger partial charge in [-0.15, -0.1) is 0 Å². The highest BCUT2D eigenvalue weighted by Gasteiger charge is 2.22. The van der Waals surface area contributed by atoms with Crippen molar-refractivity contribution in [2.75, 3.05) is 37.7 Å². The van der Waals surface area contributed by atoms with Crippen LogP contribution in [0, 0.1) is 13.8 Å². The number of amides is 1. The van der Waals surface area contributed by atoms with Crippen LogP contribution in [0.2, 0.25) is 5.02 Å². The molecule has 1 amide bonds. The number of hydrogen-bond donors (Lipinski definition) is 0. The predicted octanol–water partition coefficient (Wildman–Crippen LogP) is 4.07. The predicted molar refractivity (Wildman–Crippen MR) is 106 cm³/mol. The molecule has 1 aliphatic heterocycles. The number of nitrogens with zero attached hydrogens (tertiary/aromatic N) is 2. The first-order valence-electron chi connectivity index (χ1n) is 9.02. The number of carbonyl (C=O) groups is 1. The number of halogens is 1. The van der Waals surface area contributed by atoms with Gasteiger partial charge >= 0.3 is 0 Å². The maximum Gasteiger partial charge on any atom is 0.226 e. The molecule has 4 nitrogen and oxygen atoms in total. The maximum atomic E-state index is 12.5. The van der Waals surface area contributed by atoms with Crippen LogP contribution in [0.5, 0.6) is 5.75 Å². The third kappa shape index (κ3) is 4.50. The van der Waals surface area contributed by atoms with Gasteiger partial charge in [-0.25, -0.2) is 0 Å². The minimum absolute atomic E-state index is 0.147. The van der Waals surface area contributed by atoms with Gasteiger partial charge in [0, 0.05) is 26.2 Å². The van der Waals surface area contributed by atoms with Gasteiger partial charge in [0.05, 0.1) is 23.7 Å². The highest BCUT2D eigenvalue weighted by atomic mass is 35.5. The number of para-hydroxylation sites is 1. The van der Waals surface area contributed by atoms with Crippen LogP contribution in [0.3, 0.4) is 0 Å². The van der Waals surface area contributed by atoms with Crippen molar-refractivity contribution >= 4 is 23.2 Å². The quantitative estimate of drug-likeness (QED) is 0.793. The van der Waals surface area contributed by atoms with E-state index in [9.17, 15) is 4.79 Å². The summed E-state index contributed by atoms with van der Waals surface area (Å²) in [6.07, 6.45) is 0.402. The number of piperazine rings is 1. The molecule has 0 bridgehead atoms. The molecule has 138 valence electrons. The fourth-order valence-electron chi connectivity index (χ4n) is 3.17. The Kier molecular flexibility index (Phi) is 6.04. The maximum absolute atomic E-state index is 12.5. The molecule has 0 atom stereocenters. The molecule has 2 aromatic carbocycles. The van der Waals surface area contributed by atoms with Gasteiger partial charge in [-0.1, -0.05) is 35.9 Å². The van der Waals surface area contributed by atoms with Gasteiger partial charge in [-0.05, 0) is 43.2 Å². The van der Waals surface area contributed by atoms with Crippen LogP contribution in [0.15, 0.2) is 42.5 Å². The van der Waals surface area contributed by atoms with Crippen molar-refractivity contribution in [1.29, 1.82) is 0 Å². The van der Waals surface area contributed by atoms with Crippen LogP contribution in [0.1, 0.15) is 17.5 Å². The Morgan fingerprint density at radius 1 is 1.08 bits per heavy atom. The largest absolute Gasteiger partial charge is 0.493 e. The zero-order valence-electron chi connectivity index (χ0n) is 15.4. The van der Waals surface area contributed by atoms with Crippen LogP contribution < -0.4 is 9.64 Å². The van der Waals surface area contributed by atoms with Crippen LogP contribution in [0.4, 0.5) is 5.69 Å². The summed E-state index contributed by atoms with van der Waals surface area (Å²) < 4.78 is 5.81. The lowest BCUT2D eigenvalue weighted by atomic mass is 10.1. The normalized spacial score (nSPS) is 14.4. The van der Waals surface area contributed by atoms with E-state index in [-0.39, 0.29) is 5.91 Å². The van der Waals surface area contributed by atoms with E-state index in [1.54, 1.807) is 0 Å². The summed E-state index contributed by atoms with van der Waals surface area (Å²) in [6.45, 7) is 7.50. The average Bonchev–Trinajstić information content (AvgIpc) is 2.65. The number of benzene rings is 2. The standard InChI is InChI=1S/C21H25ClN2O2/c1-16-7-8-17(2)20(15-16)26-14-9-21(25)24-12-10-23(11-13-24)19-6-4-3-5-18(19)22/h3-8,15H,9-14H2,1-2H3. The lowest BCUT2D eigenvalue weighted by Crippen LogP contribution is -2.49. The van der Waals surface area contributed by atoms with Crippen molar-refractivity contribution in [2.45, 2.75) is 20.3 Å². The third-order valence-electron chi connectivity index (χ3n) is 4.74. The second-order valence-corrected chi connectivity index (χ2v) is 7.09. The Labute approximate surface area is 160 Å². The molecule has 1 aliphatic rings. The van der Waals surface area contributed by atoms with Gasteiger partial charge in [-0.2, -0.15) is 0 Å². The molecule has 0 N–H and O–H groups in total. The van der Waals surface area contributed by atoms with Crippen molar-refractivity contribution in [3.8, 4) is 5.75 Å². The first-order valence-corrected chi connectivity index (χ1v) is 9.39. The molecule has 1 heterocycles. The second-order valence-electron chi connectivity index (χ2n) is 6.69. The van der Waals surface area contributed by atoms with Crippen molar-refractivity contribution in [2.24, 2.45) is 0 Å². The molecule has 0 spiro atoms. The summed E-state index contributed by atoms with van der Waals surface area (Å²) in [6, 6.07) is 14.0. The molecule has 1 saturated heterocycles. The van der Waals surface area contributed by atoms with E-state index in [2.05, 4.69) is 11.0 Å². The van der Waals surface area contributed by atoms with Crippen molar-refractivity contribution in [1.82, 2.24) is 4.90 Å². The first-order chi connectivity index (χ1) is 12.5. The van der Waals surface area contributed by atoms with Gasteiger partial charge in [0.1, 0.15) is 5.75 Å². The molecule has 0 unspecified atom stereocenters. The molecule has 2 aromatic rings. The lowest BCUT2D eigenvalue weighted by molar-refractivity contribution is -0.132. The van der Waals surface area contributed by atoms with Crippen LogP contribution in [-0.2, 0) is 4.79 Å². The summed E-state index contributed by atoms with van der Waals surface area (Å²) in [7, 11) is 0. The number of hydrogen-bond acceptors (Lipinski definition) is 3.